The molecule has 0 bridgehead atoms. The van der Waals surface area contributed by atoms with E-state index in [1.54, 1.807) is 0 Å². The first-order valence-electron chi connectivity index (χ1n) is 8.78. The SMILES string of the molecule is CCc1ccc([C@@H](C)NC(=O)Cn2nnc(-c3ccc(C)cc3)n2)cc1. The van der Waals surface area contributed by atoms with E-state index in [1.165, 1.54) is 15.9 Å². The molecule has 0 aliphatic heterocycles. The first-order chi connectivity index (χ1) is 12.5. The molecule has 0 radical (unpaired) electrons. The number of hydrogen-bond acceptors (Lipinski definition) is 4. The molecule has 1 N–H and O–H groups in total. The van der Waals surface area contributed by atoms with Gasteiger partial charge >= 0.3 is 0 Å². The highest BCUT2D eigenvalue weighted by Gasteiger charge is 2.12. The molecule has 3 rings (SSSR count). The van der Waals surface area contributed by atoms with Crippen LogP contribution >= 0.6 is 0 Å². The lowest BCUT2D eigenvalue weighted by molar-refractivity contribution is -0.122. The van der Waals surface area contributed by atoms with Crippen LogP contribution in [-0.2, 0) is 17.8 Å². The summed E-state index contributed by atoms with van der Waals surface area (Å²) in [6, 6.07) is 16.1. The largest absolute Gasteiger partial charge is 0.348 e. The first kappa shape index (κ1) is 17.8. The number of rotatable bonds is 6. The van der Waals surface area contributed by atoms with Crippen molar-refractivity contribution in [2.24, 2.45) is 0 Å². The molecule has 1 aromatic heterocycles. The van der Waals surface area contributed by atoms with Crippen molar-refractivity contribution in [3.05, 3.63) is 65.2 Å². The quantitative estimate of drug-likeness (QED) is 0.742. The molecule has 1 heterocycles. The second-order valence-corrected chi connectivity index (χ2v) is 6.39. The molecule has 0 aliphatic carbocycles. The van der Waals surface area contributed by atoms with Crippen molar-refractivity contribution in [1.29, 1.82) is 0 Å². The van der Waals surface area contributed by atoms with Crippen molar-refractivity contribution in [3.8, 4) is 11.4 Å². The minimum absolute atomic E-state index is 0.0379. The molecule has 1 amide bonds. The minimum Gasteiger partial charge on any atom is -0.348 e. The number of carbonyl (C=O) groups is 1. The zero-order valence-corrected chi connectivity index (χ0v) is 15.3. The van der Waals surface area contributed by atoms with Crippen molar-refractivity contribution in [1.82, 2.24) is 25.5 Å². The summed E-state index contributed by atoms with van der Waals surface area (Å²) in [4.78, 5) is 13.6. The number of aromatic nitrogens is 4. The molecular formula is C20H23N5O. The number of nitrogens with one attached hydrogen (secondary N) is 1. The molecule has 0 saturated carbocycles. The number of nitrogens with zero attached hydrogens (tertiary/aromatic N) is 4. The Morgan fingerprint density at radius 3 is 2.46 bits per heavy atom. The Kier molecular flexibility index (Phi) is 5.41. The van der Waals surface area contributed by atoms with Gasteiger partial charge in [0.25, 0.3) is 0 Å². The molecule has 0 fully saturated rings. The maximum Gasteiger partial charge on any atom is 0.244 e. The van der Waals surface area contributed by atoms with Crippen LogP contribution in [0.1, 0.15) is 36.6 Å². The number of aryl methyl sites for hydroxylation is 2. The average molecular weight is 349 g/mol. The second-order valence-electron chi connectivity index (χ2n) is 6.39. The van der Waals surface area contributed by atoms with E-state index in [-0.39, 0.29) is 18.5 Å². The van der Waals surface area contributed by atoms with Crippen LogP contribution in [0.3, 0.4) is 0 Å². The van der Waals surface area contributed by atoms with Crippen LogP contribution < -0.4 is 5.32 Å². The first-order valence-corrected chi connectivity index (χ1v) is 8.78. The molecule has 3 aromatic rings. The van der Waals surface area contributed by atoms with Gasteiger partial charge in [-0.15, -0.1) is 10.2 Å². The molecule has 0 aliphatic rings. The predicted octanol–water partition coefficient (Wildman–Crippen LogP) is 3.09. The molecule has 26 heavy (non-hydrogen) atoms. The van der Waals surface area contributed by atoms with E-state index in [2.05, 4.69) is 39.8 Å². The van der Waals surface area contributed by atoms with Crippen molar-refractivity contribution in [3.63, 3.8) is 0 Å². The van der Waals surface area contributed by atoms with E-state index in [4.69, 9.17) is 0 Å². The summed E-state index contributed by atoms with van der Waals surface area (Å²) in [5.41, 5.74) is 4.40. The van der Waals surface area contributed by atoms with Crippen LogP contribution in [0.4, 0.5) is 0 Å². The molecule has 0 saturated heterocycles. The van der Waals surface area contributed by atoms with E-state index < -0.39 is 0 Å². The maximum atomic E-state index is 12.3. The average Bonchev–Trinajstić information content (AvgIpc) is 3.10. The smallest absolute Gasteiger partial charge is 0.244 e. The summed E-state index contributed by atoms with van der Waals surface area (Å²) >= 11 is 0. The number of tetrazole rings is 1. The molecule has 0 spiro atoms. The van der Waals surface area contributed by atoms with E-state index >= 15 is 0 Å². The predicted molar refractivity (Wildman–Crippen MR) is 100 cm³/mol. The van der Waals surface area contributed by atoms with Gasteiger partial charge in [-0.05, 0) is 36.6 Å². The van der Waals surface area contributed by atoms with E-state index in [1.807, 2.05) is 50.2 Å². The fourth-order valence-corrected chi connectivity index (χ4v) is 2.67. The van der Waals surface area contributed by atoms with Gasteiger partial charge in [0.15, 0.2) is 0 Å². The van der Waals surface area contributed by atoms with Gasteiger partial charge in [0.1, 0.15) is 6.54 Å². The van der Waals surface area contributed by atoms with Gasteiger partial charge in [-0.25, -0.2) is 0 Å². The summed E-state index contributed by atoms with van der Waals surface area (Å²) in [7, 11) is 0. The molecule has 0 unspecified atom stereocenters. The lowest BCUT2D eigenvalue weighted by atomic mass is 10.1. The van der Waals surface area contributed by atoms with Gasteiger partial charge in [-0.3, -0.25) is 4.79 Å². The standard InChI is InChI=1S/C20H23N5O/c1-4-16-7-11-17(12-8-16)15(3)21-19(26)13-25-23-20(22-24-25)18-9-5-14(2)6-10-18/h5-12,15H,4,13H2,1-3H3,(H,21,26)/t15-/m1/s1. The third-order valence-electron chi connectivity index (χ3n) is 4.31. The molecule has 6 heteroatoms. The summed E-state index contributed by atoms with van der Waals surface area (Å²) in [6.07, 6.45) is 1.00. The second kappa shape index (κ2) is 7.91. The van der Waals surface area contributed by atoms with E-state index in [0.717, 1.165) is 17.5 Å². The Balaban J connectivity index is 1.60. The minimum atomic E-state index is -0.148. The Bertz CT molecular complexity index is 868. The lowest BCUT2D eigenvalue weighted by Crippen LogP contribution is -2.30. The summed E-state index contributed by atoms with van der Waals surface area (Å²) in [6.45, 7) is 6.15. The number of carbonyl (C=O) groups excluding carboxylic acids is 1. The monoisotopic (exact) mass is 349 g/mol. The fourth-order valence-electron chi connectivity index (χ4n) is 2.67. The van der Waals surface area contributed by atoms with Crippen molar-refractivity contribution >= 4 is 5.91 Å². The summed E-state index contributed by atoms with van der Waals surface area (Å²) < 4.78 is 0. The Morgan fingerprint density at radius 1 is 1.12 bits per heavy atom. The van der Waals surface area contributed by atoms with Gasteiger partial charge in [-0.2, -0.15) is 4.80 Å². The molecule has 2 aromatic carbocycles. The van der Waals surface area contributed by atoms with E-state index in [9.17, 15) is 4.79 Å². The van der Waals surface area contributed by atoms with Crippen LogP contribution in [0, 0.1) is 6.92 Å². The Morgan fingerprint density at radius 2 is 1.81 bits per heavy atom. The van der Waals surface area contributed by atoms with Crippen LogP contribution in [0.25, 0.3) is 11.4 Å². The zero-order valence-electron chi connectivity index (χ0n) is 15.3. The van der Waals surface area contributed by atoms with Crippen molar-refractivity contribution in [2.75, 3.05) is 0 Å². The highest BCUT2D eigenvalue weighted by molar-refractivity contribution is 5.76. The van der Waals surface area contributed by atoms with Gasteiger partial charge in [0.2, 0.25) is 11.7 Å². The van der Waals surface area contributed by atoms with E-state index in [0.29, 0.717) is 5.82 Å². The fraction of sp³-hybridized carbons (Fsp3) is 0.300. The highest BCUT2D eigenvalue weighted by Crippen LogP contribution is 2.15. The topological polar surface area (TPSA) is 72.7 Å². The number of benzene rings is 2. The normalized spacial score (nSPS) is 12.0. The van der Waals surface area contributed by atoms with Crippen LogP contribution in [-0.4, -0.2) is 26.1 Å². The molecule has 134 valence electrons. The summed E-state index contributed by atoms with van der Waals surface area (Å²) in [5, 5.41) is 15.3. The van der Waals surface area contributed by atoms with Crippen LogP contribution in [0.2, 0.25) is 0 Å². The highest BCUT2D eigenvalue weighted by atomic mass is 16.2. The lowest BCUT2D eigenvalue weighted by Gasteiger charge is -2.14. The maximum absolute atomic E-state index is 12.3. The third kappa shape index (κ3) is 4.33. The van der Waals surface area contributed by atoms with Gasteiger partial charge in [0.05, 0.1) is 6.04 Å². The van der Waals surface area contributed by atoms with Crippen LogP contribution in [0.15, 0.2) is 48.5 Å². The van der Waals surface area contributed by atoms with Crippen molar-refractivity contribution < 1.29 is 4.79 Å². The Hall–Kier alpha value is -3.02. The Labute approximate surface area is 153 Å². The third-order valence-corrected chi connectivity index (χ3v) is 4.31. The summed E-state index contributed by atoms with van der Waals surface area (Å²) in [5.74, 6) is 0.367. The molecule has 1 atom stereocenters. The number of hydrogen-bond donors (Lipinski definition) is 1. The van der Waals surface area contributed by atoms with Gasteiger partial charge in [-0.1, -0.05) is 61.0 Å². The number of amides is 1. The van der Waals surface area contributed by atoms with Gasteiger partial charge in [0, 0.05) is 5.56 Å². The zero-order chi connectivity index (χ0) is 18.5. The molecule has 6 nitrogen and oxygen atoms in total. The van der Waals surface area contributed by atoms with Crippen LogP contribution in [0.5, 0.6) is 0 Å². The van der Waals surface area contributed by atoms with Crippen molar-refractivity contribution in [2.45, 2.75) is 39.8 Å². The molecular weight excluding hydrogens is 326 g/mol. The van der Waals surface area contributed by atoms with Gasteiger partial charge < -0.3 is 5.32 Å².